The number of hydrogen-bond donors (Lipinski definition) is 1. The first-order valence-corrected chi connectivity index (χ1v) is 10.9. The Hall–Kier alpha value is -3.29. The number of carbonyl (C=O) groups excluding carboxylic acids is 2. The number of hydrogen-bond acceptors (Lipinski definition) is 5. The van der Waals surface area contributed by atoms with Crippen molar-refractivity contribution in [3.8, 4) is 0 Å². The van der Waals surface area contributed by atoms with Gasteiger partial charge in [-0.1, -0.05) is 0 Å². The molecule has 0 unspecified atom stereocenters. The van der Waals surface area contributed by atoms with Gasteiger partial charge < -0.3 is 10.2 Å². The molecule has 8 nitrogen and oxygen atoms in total. The lowest BCUT2D eigenvalue weighted by molar-refractivity contribution is 0.0713. The molecule has 2 amide bonds. The highest BCUT2D eigenvalue weighted by atomic mass is 16.2. The van der Waals surface area contributed by atoms with Crippen molar-refractivity contribution >= 4 is 17.5 Å². The van der Waals surface area contributed by atoms with Crippen molar-refractivity contribution in [2.45, 2.75) is 38.5 Å². The molecule has 1 aliphatic carbocycles. The van der Waals surface area contributed by atoms with E-state index in [2.05, 4.69) is 20.4 Å². The molecule has 8 heteroatoms. The van der Waals surface area contributed by atoms with Crippen LogP contribution in [0.4, 0.5) is 0 Å². The first-order valence-electron chi connectivity index (χ1n) is 10.9. The average Bonchev–Trinajstić information content (AvgIpc) is 3.55. The molecule has 31 heavy (non-hydrogen) atoms. The van der Waals surface area contributed by atoms with E-state index < -0.39 is 0 Å². The molecule has 2 aliphatic rings. The summed E-state index contributed by atoms with van der Waals surface area (Å²) in [5, 5.41) is 7.24. The van der Waals surface area contributed by atoms with Crippen molar-refractivity contribution in [2.75, 3.05) is 19.6 Å². The molecule has 0 aromatic carbocycles. The van der Waals surface area contributed by atoms with Crippen molar-refractivity contribution in [1.82, 2.24) is 29.8 Å². The molecule has 2 fully saturated rings. The minimum Gasteiger partial charge on any atom is -0.352 e. The van der Waals surface area contributed by atoms with Gasteiger partial charge in [-0.3, -0.25) is 14.6 Å². The Kier molecular flexibility index (Phi) is 5.13. The molecule has 1 aliphatic heterocycles. The Labute approximate surface area is 180 Å². The van der Waals surface area contributed by atoms with Crippen LogP contribution in [0.3, 0.4) is 0 Å². The second kappa shape index (κ2) is 8.09. The molecule has 160 valence electrons. The minimum absolute atomic E-state index is 0.0274. The molecule has 1 saturated carbocycles. The monoisotopic (exact) mass is 418 g/mol. The second-order valence-electron chi connectivity index (χ2n) is 8.65. The maximum absolute atomic E-state index is 13.0. The SMILES string of the molecule is Cc1cnc2c(C(=O)N3CCC(c4ccc(C(=O)NCC5CC5)cn4)CC3)cnn2c1. The maximum atomic E-state index is 13.0. The quantitative estimate of drug-likeness (QED) is 0.688. The van der Waals surface area contributed by atoms with Gasteiger partial charge in [-0.15, -0.1) is 0 Å². The summed E-state index contributed by atoms with van der Waals surface area (Å²) in [6.07, 6.45) is 11.0. The molecular formula is C23H26N6O2. The highest BCUT2D eigenvalue weighted by molar-refractivity contribution is 5.99. The van der Waals surface area contributed by atoms with Gasteiger partial charge in [0, 0.05) is 49.8 Å². The molecule has 0 bridgehead atoms. The Morgan fingerprint density at radius 2 is 1.87 bits per heavy atom. The number of likely N-dealkylation sites (tertiary alicyclic amines) is 1. The van der Waals surface area contributed by atoms with Gasteiger partial charge in [0.25, 0.3) is 11.8 Å². The Balaban J connectivity index is 1.19. The zero-order valence-corrected chi connectivity index (χ0v) is 17.6. The maximum Gasteiger partial charge on any atom is 0.259 e. The summed E-state index contributed by atoms with van der Waals surface area (Å²) in [6, 6.07) is 3.81. The molecule has 5 rings (SSSR count). The number of fused-ring (bicyclic) bond motifs is 1. The summed E-state index contributed by atoms with van der Waals surface area (Å²) in [6.45, 7) is 4.03. The van der Waals surface area contributed by atoms with Crippen LogP contribution in [0.2, 0.25) is 0 Å². The number of nitrogens with zero attached hydrogens (tertiary/aromatic N) is 5. The van der Waals surface area contributed by atoms with Gasteiger partial charge in [0.2, 0.25) is 0 Å². The first-order chi connectivity index (χ1) is 15.1. The zero-order chi connectivity index (χ0) is 21.4. The van der Waals surface area contributed by atoms with Crippen molar-refractivity contribution in [3.63, 3.8) is 0 Å². The van der Waals surface area contributed by atoms with Crippen LogP contribution in [0.25, 0.3) is 5.65 Å². The highest BCUT2D eigenvalue weighted by Gasteiger charge is 2.27. The van der Waals surface area contributed by atoms with E-state index >= 15 is 0 Å². The second-order valence-corrected chi connectivity index (χ2v) is 8.65. The van der Waals surface area contributed by atoms with Crippen LogP contribution in [0.5, 0.6) is 0 Å². The van der Waals surface area contributed by atoms with E-state index in [0.29, 0.717) is 35.8 Å². The molecule has 3 aromatic rings. The highest BCUT2D eigenvalue weighted by Crippen LogP contribution is 2.29. The van der Waals surface area contributed by atoms with Gasteiger partial charge in [0.15, 0.2) is 5.65 Å². The lowest BCUT2D eigenvalue weighted by Crippen LogP contribution is -2.38. The van der Waals surface area contributed by atoms with Gasteiger partial charge in [0.05, 0.1) is 11.8 Å². The molecule has 1 saturated heterocycles. The third kappa shape index (κ3) is 4.15. The largest absolute Gasteiger partial charge is 0.352 e. The number of amides is 2. The Bertz CT molecular complexity index is 1110. The van der Waals surface area contributed by atoms with E-state index in [0.717, 1.165) is 30.6 Å². The van der Waals surface area contributed by atoms with Crippen LogP contribution in [0.15, 0.2) is 36.9 Å². The number of pyridine rings is 1. The van der Waals surface area contributed by atoms with E-state index in [-0.39, 0.29) is 17.7 Å². The smallest absolute Gasteiger partial charge is 0.259 e. The number of aromatic nitrogens is 4. The van der Waals surface area contributed by atoms with Crippen LogP contribution in [-0.2, 0) is 0 Å². The van der Waals surface area contributed by atoms with E-state index in [1.165, 1.54) is 12.8 Å². The molecule has 1 N–H and O–H groups in total. The van der Waals surface area contributed by atoms with Crippen LogP contribution < -0.4 is 5.32 Å². The molecule has 0 spiro atoms. The molecule has 0 radical (unpaired) electrons. The van der Waals surface area contributed by atoms with E-state index in [1.807, 2.05) is 30.2 Å². The third-order valence-electron chi connectivity index (χ3n) is 6.21. The zero-order valence-electron chi connectivity index (χ0n) is 17.6. The van der Waals surface area contributed by atoms with Gasteiger partial charge in [-0.2, -0.15) is 5.10 Å². The molecule has 3 aromatic heterocycles. The summed E-state index contributed by atoms with van der Waals surface area (Å²) >= 11 is 0. The minimum atomic E-state index is -0.0522. The molecular weight excluding hydrogens is 392 g/mol. The van der Waals surface area contributed by atoms with Crippen LogP contribution in [-0.4, -0.2) is 55.9 Å². The fourth-order valence-corrected chi connectivity index (χ4v) is 4.11. The third-order valence-corrected chi connectivity index (χ3v) is 6.21. The lowest BCUT2D eigenvalue weighted by Gasteiger charge is -2.31. The fraction of sp³-hybridized carbons (Fsp3) is 0.435. The summed E-state index contributed by atoms with van der Waals surface area (Å²) in [5.74, 6) is 0.867. The van der Waals surface area contributed by atoms with Gasteiger partial charge in [-0.05, 0) is 56.2 Å². The van der Waals surface area contributed by atoms with Crippen LogP contribution in [0.1, 0.15) is 63.6 Å². The molecule has 4 heterocycles. The predicted octanol–water partition coefficient (Wildman–Crippen LogP) is 2.59. The summed E-state index contributed by atoms with van der Waals surface area (Å²) in [4.78, 5) is 36.0. The van der Waals surface area contributed by atoms with Gasteiger partial charge in [0.1, 0.15) is 5.56 Å². The summed E-state index contributed by atoms with van der Waals surface area (Å²) in [7, 11) is 0. The Morgan fingerprint density at radius 1 is 1.06 bits per heavy atom. The van der Waals surface area contributed by atoms with E-state index in [9.17, 15) is 9.59 Å². The van der Waals surface area contributed by atoms with E-state index in [1.54, 1.807) is 23.1 Å². The van der Waals surface area contributed by atoms with E-state index in [4.69, 9.17) is 0 Å². The normalized spacial score (nSPS) is 17.1. The number of nitrogens with one attached hydrogen (secondary N) is 1. The van der Waals surface area contributed by atoms with Gasteiger partial charge in [-0.25, -0.2) is 9.50 Å². The van der Waals surface area contributed by atoms with Crippen molar-refractivity contribution in [2.24, 2.45) is 5.92 Å². The number of piperidine rings is 1. The number of rotatable bonds is 5. The number of aryl methyl sites for hydroxylation is 1. The van der Waals surface area contributed by atoms with Crippen LogP contribution >= 0.6 is 0 Å². The van der Waals surface area contributed by atoms with Crippen molar-refractivity contribution < 1.29 is 9.59 Å². The Morgan fingerprint density at radius 3 is 2.58 bits per heavy atom. The number of carbonyl (C=O) groups is 2. The van der Waals surface area contributed by atoms with Crippen molar-refractivity contribution in [1.29, 1.82) is 0 Å². The standard InChI is InChI=1S/C23H26N6O2/c1-15-10-25-21-19(13-27-29(21)14-15)23(31)28-8-6-17(7-9-28)20-5-4-18(12-24-20)22(30)26-11-16-2-3-16/h4-5,10,12-14,16-17H,2-3,6-9,11H2,1H3,(H,26,30). The molecule has 0 atom stereocenters. The topological polar surface area (TPSA) is 92.5 Å². The fourth-order valence-electron chi connectivity index (χ4n) is 4.11. The van der Waals surface area contributed by atoms with Gasteiger partial charge >= 0.3 is 0 Å². The predicted molar refractivity (Wildman–Crippen MR) is 115 cm³/mol. The summed E-state index contributed by atoms with van der Waals surface area (Å²) in [5.41, 5.74) is 3.72. The summed E-state index contributed by atoms with van der Waals surface area (Å²) < 4.78 is 1.65. The first kappa shape index (κ1) is 19.7. The lowest BCUT2D eigenvalue weighted by atomic mass is 9.92. The average molecular weight is 419 g/mol. The van der Waals surface area contributed by atoms with Crippen LogP contribution in [0, 0.1) is 12.8 Å². The van der Waals surface area contributed by atoms with Crippen molar-refractivity contribution in [3.05, 3.63) is 59.3 Å².